The number of hydrogen-bond acceptors (Lipinski definition) is 4. The number of methoxy groups -OCH3 is 1. The van der Waals surface area contributed by atoms with E-state index in [2.05, 4.69) is 0 Å². The first-order valence-electron chi connectivity index (χ1n) is 7.27. The van der Waals surface area contributed by atoms with Crippen molar-refractivity contribution in [3.63, 3.8) is 0 Å². The van der Waals surface area contributed by atoms with Crippen molar-refractivity contribution in [2.45, 2.75) is 25.3 Å². The monoisotopic (exact) mass is 290 g/mol. The summed E-state index contributed by atoms with van der Waals surface area (Å²) in [5.74, 6) is -0.262. The Morgan fingerprint density at radius 1 is 1.29 bits per heavy atom. The Morgan fingerprint density at radius 3 is 2.67 bits per heavy atom. The molecule has 1 unspecified atom stereocenters. The van der Waals surface area contributed by atoms with Gasteiger partial charge in [0.25, 0.3) is 0 Å². The molecule has 0 saturated carbocycles. The zero-order valence-electron chi connectivity index (χ0n) is 12.6. The molecule has 1 aromatic rings. The number of nitrogens with zero attached hydrogens (tertiary/aromatic N) is 2. The number of likely N-dealkylation sites (N-methyl/N-ethyl adjacent to an activating group) is 1. The van der Waals surface area contributed by atoms with Gasteiger partial charge in [-0.25, -0.2) is 0 Å². The summed E-state index contributed by atoms with van der Waals surface area (Å²) in [5.41, 5.74) is 0.856. The average molecular weight is 290 g/mol. The smallest absolute Gasteiger partial charge is 0.323 e. The van der Waals surface area contributed by atoms with E-state index in [4.69, 9.17) is 4.74 Å². The highest BCUT2D eigenvalue weighted by Gasteiger charge is 2.31. The van der Waals surface area contributed by atoms with Crippen LogP contribution in [0.5, 0.6) is 0 Å². The van der Waals surface area contributed by atoms with E-state index in [1.807, 2.05) is 35.2 Å². The van der Waals surface area contributed by atoms with E-state index in [0.717, 1.165) is 31.5 Å². The molecule has 1 saturated heterocycles. The lowest BCUT2D eigenvalue weighted by molar-refractivity contribution is -0.148. The van der Waals surface area contributed by atoms with Crippen molar-refractivity contribution in [3.05, 3.63) is 30.3 Å². The van der Waals surface area contributed by atoms with Crippen LogP contribution in [0.3, 0.4) is 0 Å². The summed E-state index contributed by atoms with van der Waals surface area (Å²) in [7, 11) is 3.15. The number of ether oxygens (including phenoxy) is 1. The van der Waals surface area contributed by atoms with Gasteiger partial charge >= 0.3 is 5.97 Å². The predicted molar refractivity (Wildman–Crippen MR) is 81.1 cm³/mol. The second kappa shape index (κ2) is 7.22. The first kappa shape index (κ1) is 15.5. The van der Waals surface area contributed by atoms with Crippen LogP contribution in [0, 0.1) is 0 Å². The van der Waals surface area contributed by atoms with Crippen LogP contribution in [0.25, 0.3) is 0 Å². The molecule has 0 spiro atoms. The maximum atomic E-state index is 12.4. The van der Waals surface area contributed by atoms with Gasteiger partial charge in [0, 0.05) is 12.7 Å². The maximum absolute atomic E-state index is 12.4. The molecule has 0 aromatic heterocycles. The second-order valence-corrected chi connectivity index (χ2v) is 5.29. The van der Waals surface area contributed by atoms with E-state index in [-0.39, 0.29) is 24.5 Å². The zero-order chi connectivity index (χ0) is 15.2. The van der Waals surface area contributed by atoms with Gasteiger partial charge < -0.3 is 9.64 Å². The van der Waals surface area contributed by atoms with Gasteiger partial charge in [-0.15, -0.1) is 0 Å². The number of amides is 1. The first-order valence-corrected chi connectivity index (χ1v) is 7.27. The standard InChI is InChI=1S/C16H22N2O3/c1-17(13-8-4-3-5-9-13)15(19)12-18-11-7-6-10-14(18)16(20)21-2/h3-5,8-9,14H,6-7,10-12H2,1-2H3. The number of carbonyl (C=O) groups excluding carboxylic acids is 2. The number of benzene rings is 1. The van der Waals surface area contributed by atoms with E-state index >= 15 is 0 Å². The third-order valence-corrected chi connectivity index (χ3v) is 3.94. The minimum absolute atomic E-state index is 0.0167. The SMILES string of the molecule is COC(=O)C1CCCCN1CC(=O)N(C)c1ccccc1. The van der Waals surface area contributed by atoms with E-state index in [1.165, 1.54) is 7.11 Å². The Hall–Kier alpha value is -1.88. The van der Waals surface area contributed by atoms with E-state index in [9.17, 15) is 9.59 Å². The Bertz CT molecular complexity index is 490. The van der Waals surface area contributed by atoms with E-state index < -0.39 is 0 Å². The Kier molecular flexibility index (Phi) is 5.33. The first-order chi connectivity index (χ1) is 10.1. The van der Waals surface area contributed by atoms with Gasteiger partial charge in [0.15, 0.2) is 0 Å². The molecule has 21 heavy (non-hydrogen) atoms. The lowest BCUT2D eigenvalue weighted by Crippen LogP contribution is -2.49. The molecule has 1 fully saturated rings. The summed E-state index contributed by atoms with van der Waals surface area (Å²) in [6.45, 7) is 0.999. The number of hydrogen-bond donors (Lipinski definition) is 0. The molecule has 1 atom stereocenters. The molecule has 114 valence electrons. The summed E-state index contributed by atoms with van der Waals surface area (Å²) in [4.78, 5) is 27.8. The highest BCUT2D eigenvalue weighted by molar-refractivity contribution is 5.94. The number of anilines is 1. The molecule has 1 amide bonds. The molecule has 5 nitrogen and oxygen atoms in total. The van der Waals surface area contributed by atoms with Crippen LogP contribution < -0.4 is 4.90 Å². The van der Waals surface area contributed by atoms with Crippen LogP contribution in [-0.4, -0.2) is 50.1 Å². The minimum Gasteiger partial charge on any atom is -0.468 e. The number of esters is 1. The summed E-state index contributed by atoms with van der Waals surface area (Å²) in [5, 5.41) is 0. The fraction of sp³-hybridized carbons (Fsp3) is 0.500. The van der Waals surface area contributed by atoms with Crippen LogP contribution in [0.4, 0.5) is 5.69 Å². The number of likely N-dealkylation sites (tertiary alicyclic amines) is 1. The number of carbonyl (C=O) groups is 2. The largest absolute Gasteiger partial charge is 0.468 e. The minimum atomic E-state index is -0.295. The Balaban J connectivity index is 2.01. The van der Waals surface area contributed by atoms with Crippen LogP contribution >= 0.6 is 0 Å². The van der Waals surface area contributed by atoms with Gasteiger partial charge in [-0.2, -0.15) is 0 Å². The highest BCUT2D eigenvalue weighted by atomic mass is 16.5. The molecule has 0 bridgehead atoms. The average Bonchev–Trinajstić information content (AvgIpc) is 2.54. The summed E-state index contributed by atoms with van der Waals surface area (Å²) in [6.07, 6.45) is 2.77. The van der Waals surface area contributed by atoms with E-state index in [0.29, 0.717) is 0 Å². The third-order valence-electron chi connectivity index (χ3n) is 3.94. The van der Waals surface area contributed by atoms with Crippen molar-refractivity contribution in [1.29, 1.82) is 0 Å². The van der Waals surface area contributed by atoms with Crippen molar-refractivity contribution in [2.75, 3.05) is 32.1 Å². The normalized spacial score (nSPS) is 19.0. The van der Waals surface area contributed by atoms with Crippen LogP contribution in [0.15, 0.2) is 30.3 Å². The van der Waals surface area contributed by atoms with Crippen molar-refractivity contribution in [2.24, 2.45) is 0 Å². The molecule has 0 radical (unpaired) electrons. The molecular weight excluding hydrogens is 268 g/mol. The molecule has 1 heterocycles. The molecule has 0 N–H and O–H groups in total. The van der Waals surface area contributed by atoms with Gasteiger partial charge in [0.1, 0.15) is 6.04 Å². The fourth-order valence-electron chi connectivity index (χ4n) is 2.66. The Labute approximate surface area is 125 Å². The third kappa shape index (κ3) is 3.82. The summed E-state index contributed by atoms with van der Waals surface area (Å²) < 4.78 is 4.84. The second-order valence-electron chi connectivity index (χ2n) is 5.29. The van der Waals surface area contributed by atoms with Gasteiger partial charge in [-0.05, 0) is 31.5 Å². The predicted octanol–water partition coefficient (Wildman–Crippen LogP) is 1.68. The van der Waals surface area contributed by atoms with Gasteiger partial charge in [0.05, 0.1) is 13.7 Å². The molecule has 1 aliphatic heterocycles. The van der Waals surface area contributed by atoms with Gasteiger partial charge in [-0.1, -0.05) is 24.6 Å². The van der Waals surface area contributed by atoms with Crippen molar-refractivity contribution in [1.82, 2.24) is 4.90 Å². The lowest BCUT2D eigenvalue weighted by atomic mass is 10.0. The van der Waals surface area contributed by atoms with Crippen molar-refractivity contribution >= 4 is 17.6 Å². The molecule has 5 heteroatoms. The fourth-order valence-corrected chi connectivity index (χ4v) is 2.66. The molecule has 1 aromatic carbocycles. The van der Waals surface area contributed by atoms with Crippen LogP contribution in [-0.2, 0) is 14.3 Å². The number of piperidine rings is 1. The Morgan fingerprint density at radius 2 is 2.00 bits per heavy atom. The topological polar surface area (TPSA) is 49.9 Å². The molecule has 2 rings (SSSR count). The quantitative estimate of drug-likeness (QED) is 0.792. The summed E-state index contributed by atoms with van der Waals surface area (Å²) in [6, 6.07) is 9.21. The summed E-state index contributed by atoms with van der Waals surface area (Å²) >= 11 is 0. The van der Waals surface area contributed by atoms with Crippen LogP contribution in [0.2, 0.25) is 0 Å². The molecular formula is C16H22N2O3. The molecule has 1 aliphatic rings. The highest BCUT2D eigenvalue weighted by Crippen LogP contribution is 2.19. The van der Waals surface area contributed by atoms with Crippen molar-refractivity contribution in [3.8, 4) is 0 Å². The number of para-hydroxylation sites is 1. The number of rotatable bonds is 4. The lowest BCUT2D eigenvalue weighted by Gasteiger charge is -2.34. The van der Waals surface area contributed by atoms with Crippen molar-refractivity contribution < 1.29 is 14.3 Å². The molecule has 0 aliphatic carbocycles. The van der Waals surface area contributed by atoms with E-state index in [1.54, 1.807) is 11.9 Å². The van der Waals surface area contributed by atoms with Crippen LogP contribution in [0.1, 0.15) is 19.3 Å². The maximum Gasteiger partial charge on any atom is 0.323 e. The van der Waals surface area contributed by atoms with Gasteiger partial charge in [0.2, 0.25) is 5.91 Å². The van der Waals surface area contributed by atoms with Gasteiger partial charge in [-0.3, -0.25) is 14.5 Å². The zero-order valence-corrected chi connectivity index (χ0v) is 12.6.